The molecule has 5 nitrogen and oxygen atoms in total. The molecule has 1 saturated carbocycles. The summed E-state index contributed by atoms with van der Waals surface area (Å²) in [6.07, 6.45) is 7.20. The van der Waals surface area contributed by atoms with E-state index in [2.05, 4.69) is 14.9 Å². The minimum atomic E-state index is -0.318. The molecule has 1 aromatic rings. The number of nitrogens with one attached hydrogen (secondary N) is 1. The lowest BCUT2D eigenvalue weighted by Gasteiger charge is -2.29. The van der Waals surface area contributed by atoms with E-state index in [0.717, 1.165) is 24.8 Å². The molecule has 1 aliphatic heterocycles. The number of nitrogens with zero attached hydrogens (tertiary/aromatic N) is 2. The number of hydrogen-bond donors (Lipinski definition) is 1. The second-order valence-electron chi connectivity index (χ2n) is 5.45. The molecule has 5 heteroatoms. The largest absolute Gasteiger partial charge is 0.461 e. The summed E-state index contributed by atoms with van der Waals surface area (Å²) in [5.41, 5.74) is 0.436. The minimum Gasteiger partial charge on any atom is -0.461 e. The van der Waals surface area contributed by atoms with Gasteiger partial charge in [-0.05, 0) is 25.7 Å². The van der Waals surface area contributed by atoms with Crippen molar-refractivity contribution < 1.29 is 9.53 Å². The molecule has 19 heavy (non-hydrogen) atoms. The first-order chi connectivity index (χ1) is 9.28. The third-order valence-corrected chi connectivity index (χ3v) is 4.23. The zero-order chi connectivity index (χ0) is 13.2. The summed E-state index contributed by atoms with van der Waals surface area (Å²) < 4.78 is 7.11. The van der Waals surface area contributed by atoms with E-state index in [9.17, 15) is 4.79 Å². The van der Waals surface area contributed by atoms with Gasteiger partial charge in [-0.3, -0.25) is 0 Å². The highest BCUT2D eigenvalue weighted by molar-refractivity contribution is 5.87. The van der Waals surface area contributed by atoms with Crippen LogP contribution in [0.4, 0.5) is 0 Å². The first kappa shape index (κ1) is 12.7. The van der Waals surface area contributed by atoms with Crippen molar-refractivity contribution in [2.75, 3.05) is 6.61 Å². The molecular weight excluding hydrogens is 242 g/mol. The maximum atomic E-state index is 11.7. The van der Waals surface area contributed by atoms with Crippen molar-refractivity contribution in [1.29, 1.82) is 0 Å². The number of rotatable bonds is 3. The summed E-state index contributed by atoms with van der Waals surface area (Å²) in [6, 6.07) is 0.527. The van der Waals surface area contributed by atoms with Crippen molar-refractivity contribution in [2.45, 2.75) is 51.7 Å². The van der Waals surface area contributed by atoms with E-state index < -0.39 is 0 Å². The van der Waals surface area contributed by atoms with Gasteiger partial charge in [-0.1, -0.05) is 12.8 Å². The molecule has 0 spiro atoms. The van der Waals surface area contributed by atoms with Crippen LogP contribution >= 0.6 is 0 Å². The molecule has 104 valence electrons. The Morgan fingerprint density at radius 3 is 3.05 bits per heavy atom. The lowest BCUT2D eigenvalue weighted by Crippen LogP contribution is -2.43. The van der Waals surface area contributed by atoms with Gasteiger partial charge >= 0.3 is 5.97 Å². The second-order valence-corrected chi connectivity index (χ2v) is 5.45. The van der Waals surface area contributed by atoms with Gasteiger partial charge in [0.15, 0.2) is 5.69 Å². The molecule has 1 N–H and O–H groups in total. The molecule has 0 saturated heterocycles. The van der Waals surface area contributed by atoms with Crippen molar-refractivity contribution in [3.63, 3.8) is 0 Å². The Balaban J connectivity index is 1.72. The van der Waals surface area contributed by atoms with E-state index in [0.29, 0.717) is 18.3 Å². The molecule has 0 aromatic carbocycles. The zero-order valence-electron chi connectivity index (χ0n) is 11.4. The van der Waals surface area contributed by atoms with E-state index in [1.807, 2.05) is 13.1 Å². The lowest BCUT2D eigenvalue weighted by atomic mass is 9.97. The van der Waals surface area contributed by atoms with Gasteiger partial charge in [-0.2, -0.15) is 0 Å². The number of carbonyl (C=O) groups is 1. The molecule has 3 rings (SSSR count). The van der Waals surface area contributed by atoms with E-state index >= 15 is 0 Å². The summed E-state index contributed by atoms with van der Waals surface area (Å²) in [4.78, 5) is 16.0. The molecule has 2 heterocycles. The van der Waals surface area contributed by atoms with Crippen LogP contribution in [0.5, 0.6) is 0 Å². The van der Waals surface area contributed by atoms with Gasteiger partial charge in [0.05, 0.1) is 13.2 Å². The standard InChI is InChI=1S/C14H21N3O2/c1-2-19-14(18)12-9-17-8-11(10-5-3-4-6-10)15-7-13(17)16-12/h9-11,15H,2-8H2,1H3. The number of fused-ring (bicyclic) bond motifs is 1. The normalized spacial score (nSPS) is 23.3. The van der Waals surface area contributed by atoms with Crippen LogP contribution in [0.15, 0.2) is 6.20 Å². The van der Waals surface area contributed by atoms with E-state index in [1.165, 1.54) is 25.7 Å². The fraction of sp³-hybridized carbons (Fsp3) is 0.714. The van der Waals surface area contributed by atoms with Gasteiger partial charge < -0.3 is 14.6 Å². The maximum absolute atomic E-state index is 11.7. The Hall–Kier alpha value is -1.36. The molecular formula is C14H21N3O2. The van der Waals surface area contributed by atoms with Gasteiger partial charge in [0.25, 0.3) is 0 Å². The number of imidazole rings is 1. The van der Waals surface area contributed by atoms with Crippen LogP contribution in [-0.4, -0.2) is 28.2 Å². The average Bonchev–Trinajstić information content (AvgIpc) is 3.07. The summed E-state index contributed by atoms with van der Waals surface area (Å²) in [7, 11) is 0. The third kappa shape index (κ3) is 2.52. The smallest absolute Gasteiger partial charge is 0.358 e. The Labute approximate surface area is 113 Å². The van der Waals surface area contributed by atoms with Gasteiger partial charge in [-0.15, -0.1) is 0 Å². The topological polar surface area (TPSA) is 56.2 Å². The molecule has 1 fully saturated rings. The van der Waals surface area contributed by atoms with Crippen LogP contribution in [0.3, 0.4) is 0 Å². The van der Waals surface area contributed by atoms with Crippen LogP contribution in [0, 0.1) is 5.92 Å². The first-order valence-corrected chi connectivity index (χ1v) is 7.24. The number of carbonyl (C=O) groups excluding carboxylic acids is 1. The highest BCUT2D eigenvalue weighted by atomic mass is 16.5. The molecule has 0 bridgehead atoms. The number of aromatic nitrogens is 2. The van der Waals surface area contributed by atoms with Crippen molar-refractivity contribution in [3.8, 4) is 0 Å². The Kier molecular flexibility index (Phi) is 3.55. The van der Waals surface area contributed by atoms with Crippen molar-refractivity contribution >= 4 is 5.97 Å². The Bertz CT molecular complexity index is 463. The van der Waals surface area contributed by atoms with Crippen LogP contribution in [0.25, 0.3) is 0 Å². The quantitative estimate of drug-likeness (QED) is 0.844. The fourth-order valence-electron chi connectivity index (χ4n) is 3.23. The summed E-state index contributed by atoms with van der Waals surface area (Å²) >= 11 is 0. The molecule has 1 unspecified atom stereocenters. The highest BCUT2D eigenvalue weighted by Crippen LogP contribution is 2.30. The zero-order valence-corrected chi connectivity index (χ0v) is 11.4. The average molecular weight is 263 g/mol. The van der Waals surface area contributed by atoms with Gasteiger partial charge in [0.2, 0.25) is 0 Å². The van der Waals surface area contributed by atoms with Crippen LogP contribution < -0.4 is 5.32 Å². The molecule has 2 aliphatic rings. The van der Waals surface area contributed by atoms with Crippen LogP contribution in [0.1, 0.15) is 48.9 Å². The Morgan fingerprint density at radius 1 is 1.53 bits per heavy atom. The van der Waals surface area contributed by atoms with Crippen molar-refractivity contribution in [3.05, 3.63) is 17.7 Å². The highest BCUT2D eigenvalue weighted by Gasteiger charge is 2.29. The number of esters is 1. The minimum absolute atomic E-state index is 0.318. The van der Waals surface area contributed by atoms with E-state index in [1.54, 1.807) is 0 Å². The predicted octanol–water partition coefficient (Wildman–Crippen LogP) is 1.72. The van der Waals surface area contributed by atoms with E-state index in [-0.39, 0.29) is 5.97 Å². The van der Waals surface area contributed by atoms with E-state index in [4.69, 9.17) is 4.74 Å². The van der Waals surface area contributed by atoms with Crippen molar-refractivity contribution in [2.24, 2.45) is 5.92 Å². The monoisotopic (exact) mass is 263 g/mol. The summed E-state index contributed by atoms with van der Waals surface area (Å²) in [6.45, 7) is 3.88. The molecule has 0 amide bonds. The predicted molar refractivity (Wildman–Crippen MR) is 70.8 cm³/mol. The molecule has 0 radical (unpaired) electrons. The van der Waals surface area contributed by atoms with Gasteiger partial charge in [0, 0.05) is 18.8 Å². The first-order valence-electron chi connectivity index (χ1n) is 7.24. The number of hydrogen-bond acceptors (Lipinski definition) is 4. The van der Waals surface area contributed by atoms with Crippen LogP contribution in [-0.2, 0) is 17.8 Å². The second kappa shape index (κ2) is 5.33. The molecule has 1 aromatic heterocycles. The summed E-state index contributed by atoms with van der Waals surface area (Å²) in [5, 5.41) is 3.57. The summed E-state index contributed by atoms with van der Waals surface area (Å²) in [5.74, 6) is 1.40. The Morgan fingerprint density at radius 2 is 2.32 bits per heavy atom. The van der Waals surface area contributed by atoms with Gasteiger partial charge in [-0.25, -0.2) is 9.78 Å². The fourth-order valence-corrected chi connectivity index (χ4v) is 3.23. The maximum Gasteiger partial charge on any atom is 0.358 e. The number of ether oxygens (including phenoxy) is 1. The van der Waals surface area contributed by atoms with Crippen molar-refractivity contribution in [1.82, 2.24) is 14.9 Å². The van der Waals surface area contributed by atoms with Crippen LogP contribution in [0.2, 0.25) is 0 Å². The lowest BCUT2D eigenvalue weighted by molar-refractivity contribution is 0.0520. The molecule has 1 aliphatic carbocycles. The molecule has 1 atom stereocenters. The third-order valence-electron chi connectivity index (χ3n) is 4.23. The SMILES string of the molecule is CCOC(=O)c1cn2c(n1)CNC(C1CCCC1)C2. The van der Waals surface area contributed by atoms with Gasteiger partial charge in [0.1, 0.15) is 5.82 Å².